The van der Waals surface area contributed by atoms with Crippen LogP contribution in [-0.4, -0.2) is 40.0 Å². The third kappa shape index (κ3) is 5.70. The number of carbonyl (C=O) groups is 2. The Balaban J connectivity index is 1.32. The third-order valence-corrected chi connectivity index (χ3v) is 6.19. The number of carbonyl (C=O) groups excluding carboxylic acids is 2. The lowest BCUT2D eigenvalue weighted by Gasteiger charge is -2.20. The number of ether oxygens (including phenoxy) is 1. The van der Waals surface area contributed by atoms with E-state index < -0.39 is 0 Å². The first-order chi connectivity index (χ1) is 15.6. The van der Waals surface area contributed by atoms with Crippen molar-refractivity contribution < 1.29 is 14.3 Å². The van der Waals surface area contributed by atoms with Crippen LogP contribution in [0.15, 0.2) is 48.5 Å². The molecule has 2 heterocycles. The smallest absolute Gasteiger partial charge is 0.286 e. The number of nitrogens with zero attached hydrogens (tertiary/aromatic N) is 3. The Kier molecular flexibility index (Phi) is 7.11. The second-order valence-electron chi connectivity index (χ2n) is 7.84. The van der Waals surface area contributed by atoms with Crippen molar-refractivity contribution in [2.45, 2.75) is 39.2 Å². The van der Waals surface area contributed by atoms with Gasteiger partial charge < -0.3 is 15.0 Å². The van der Waals surface area contributed by atoms with Gasteiger partial charge in [-0.05, 0) is 61.7 Å². The van der Waals surface area contributed by atoms with Crippen molar-refractivity contribution in [3.8, 4) is 5.75 Å². The van der Waals surface area contributed by atoms with E-state index in [-0.39, 0.29) is 23.4 Å². The summed E-state index contributed by atoms with van der Waals surface area (Å²) in [5, 5.41) is 11.7. The number of aryl methyl sites for hydroxylation is 1. The monoisotopic (exact) mass is 450 g/mol. The molecular weight excluding hydrogens is 424 g/mol. The molecule has 0 saturated carbocycles. The molecule has 1 aromatic heterocycles. The van der Waals surface area contributed by atoms with Crippen LogP contribution in [0.3, 0.4) is 0 Å². The van der Waals surface area contributed by atoms with Crippen LogP contribution in [0.5, 0.6) is 5.75 Å². The molecule has 4 rings (SSSR count). The van der Waals surface area contributed by atoms with Gasteiger partial charge in [0.25, 0.3) is 11.8 Å². The van der Waals surface area contributed by atoms with Gasteiger partial charge in [-0.25, -0.2) is 0 Å². The number of aromatic nitrogens is 2. The molecule has 1 N–H and O–H groups in total. The first-order valence-electron chi connectivity index (χ1n) is 10.8. The molecule has 0 spiro atoms. The van der Waals surface area contributed by atoms with Crippen molar-refractivity contribution in [3.05, 3.63) is 69.7 Å². The molecule has 0 unspecified atom stereocenters. The molecule has 32 heavy (non-hydrogen) atoms. The summed E-state index contributed by atoms with van der Waals surface area (Å²) in [4.78, 5) is 27.2. The molecular formula is C24H26N4O3S. The van der Waals surface area contributed by atoms with Crippen molar-refractivity contribution in [2.24, 2.45) is 0 Å². The molecule has 1 fully saturated rings. The number of amides is 2. The Morgan fingerprint density at radius 1 is 1.03 bits per heavy atom. The molecule has 0 aliphatic carbocycles. The second kappa shape index (κ2) is 10.4. The zero-order valence-corrected chi connectivity index (χ0v) is 18.9. The average Bonchev–Trinajstić information content (AvgIpc) is 3.11. The van der Waals surface area contributed by atoms with Gasteiger partial charge in [-0.3, -0.25) is 9.59 Å². The van der Waals surface area contributed by atoms with Crippen LogP contribution in [0.4, 0.5) is 5.69 Å². The normalized spacial score (nSPS) is 14.0. The van der Waals surface area contributed by atoms with E-state index in [1.165, 1.54) is 24.2 Å². The highest BCUT2D eigenvalue weighted by Gasteiger charge is 2.18. The maximum absolute atomic E-state index is 12.7. The number of likely N-dealkylation sites (tertiary alicyclic amines) is 1. The lowest BCUT2D eigenvalue weighted by Crippen LogP contribution is -2.31. The molecule has 0 bridgehead atoms. The van der Waals surface area contributed by atoms with Gasteiger partial charge in [0, 0.05) is 24.3 Å². The van der Waals surface area contributed by atoms with Crippen molar-refractivity contribution in [1.29, 1.82) is 0 Å². The van der Waals surface area contributed by atoms with Crippen LogP contribution in [-0.2, 0) is 6.61 Å². The minimum atomic E-state index is -0.337. The van der Waals surface area contributed by atoms with Crippen LogP contribution < -0.4 is 10.1 Å². The first-order valence-corrected chi connectivity index (χ1v) is 11.6. The molecule has 3 aromatic rings. The number of nitrogens with one attached hydrogen (secondary N) is 1. The summed E-state index contributed by atoms with van der Waals surface area (Å²) in [5.74, 6) is 0.462. The molecule has 0 atom stereocenters. The Bertz CT molecular complexity index is 1070. The van der Waals surface area contributed by atoms with Gasteiger partial charge in [-0.1, -0.05) is 36.3 Å². The average molecular weight is 451 g/mol. The van der Waals surface area contributed by atoms with Gasteiger partial charge in [-0.15, -0.1) is 10.2 Å². The van der Waals surface area contributed by atoms with Crippen molar-refractivity contribution in [3.63, 3.8) is 0 Å². The lowest BCUT2D eigenvalue weighted by atomic mass is 10.1. The van der Waals surface area contributed by atoms with Gasteiger partial charge in [0.2, 0.25) is 5.01 Å². The predicted octanol–water partition coefficient (Wildman–Crippen LogP) is 4.69. The molecule has 0 radical (unpaired) electrons. The van der Waals surface area contributed by atoms with Crippen molar-refractivity contribution in [1.82, 2.24) is 15.1 Å². The van der Waals surface area contributed by atoms with E-state index in [0.29, 0.717) is 16.3 Å². The van der Waals surface area contributed by atoms with E-state index in [4.69, 9.17) is 4.74 Å². The minimum Gasteiger partial charge on any atom is -0.486 e. The highest BCUT2D eigenvalue weighted by Crippen LogP contribution is 2.19. The van der Waals surface area contributed by atoms with Gasteiger partial charge >= 0.3 is 0 Å². The van der Waals surface area contributed by atoms with E-state index in [9.17, 15) is 9.59 Å². The van der Waals surface area contributed by atoms with Crippen LogP contribution >= 0.6 is 11.3 Å². The standard InChI is InChI=1S/C24H26N4O3S/c1-17-7-6-8-20(15-17)31-16-21-26-27-23(32-21)22(29)25-19-11-9-18(10-12-19)24(30)28-13-4-2-3-5-14-28/h6-12,15H,2-5,13-14,16H2,1H3,(H,25,29). The summed E-state index contributed by atoms with van der Waals surface area (Å²) in [6, 6.07) is 14.7. The number of benzene rings is 2. The van der Waals surface area contributed by atoms with Crippen molar-refractivity contribution >= 4 is 28.8 Å². The van der Waals surface area contributed by atoms with Crippen LogP contribution in [0.25, 0.3) is 0 Å². The molecule has 1 saturated heterocycles. The Morgan fingerprint density at radius 3 is 2.50 bits per heavy atom. The molecule has 1 aliphatic rings. The molecule has 2 amide bonds. The van der Waals surface area contributed by atoms with Gasteiger partial charge in [-0.2, -0.15) is 0 Å². The summed E-state index contributed by atoms with van der Waals surface area (Å²) in [5.41, 5.74) is 2.35. The fourth-order valence-corrected chi connectivity index (χ4v) is 4.24. The number of hydrogen-bond acceptors (Lipinski definition) is 6. The SMILES string of the molecule is Cc1cccc(OCc2nnc(C(=O)Nc3ccc(C(=O)N4CCCCCC4)cc3)s2)c1. The van der Waals surface area contributed by atoms with E-state index in [1.807, 2.05) is 36.1 Å². The zero-order chi connectivity index (χ0) is 22.3. The molecule has 166 valence electrons. The summed E-state index contributed by atoms with van der Waals surface area (Å²) in [6.45, 7) is 3.87. The van der Waals surface area contributed by atoms with Gasteiger partial charge in [0.1, 0.15) is 12.4 Å². The van der Waals surface area contributed by atoms with Crippen LogP contribution in [0, 0.1) is 6.92 Å². The first kappa shape index (κ1) is 22.0. The van der Waals surface area contributed by atoms with E-state index in [0.717, 1.165) is 37.2 Å². The highest BCUT2D eigenvalue weighted by atomic mass is 32.1. The third-order valence-electron chi connectivity index (χ3n) is 5.30. The van der Waals surface area contributed by atoms with E-state index in [1.54, 1.807) is 24.3 Å². The number of anilines is 1. The Labute approximate surface area is 191 Å². The van der Waals surface area contributed by atoms with E-state index >= 15 is 0 Å². The Morgan fingerprint density at radius 2 is 1.78 bits per heavy atom. The van der Waals surface area contributed by atoms with E-state index in [2.05, 4.69) is 15.5 Å². The minimum absolute atomic E-state index is 0.0483. The topological polar surface area (TPSA) is 84.4 Å². The highest BCUT2D eigenvalue weighted by molar-refractivity contribution is 7.13. The molecule has 2 aromatic carbocycles. The largest absolute Gasteiger partial charge is 0.486 e. The fourth-order valence-electron chi connectivity index (χ4n) is 3.59. The van der Waals surface area contributed by atoms with Crippen molar-refractivity contribution in [2.75, 3.05) is 18.4 Å². The van der Waals surface area contributed by atoms with Crippen LogP contribution in [0.1, 0.15) is 56.4 Å². The van der Waals surface area contributed by atoms with Gasteiger partial charge in [0.05, 0.1) is 0 Å². The molecule has 8 heteroatoms. The Hall–Kier alpha value is -3.26. The van der Waals surface area contributed by atoms with Crippen LogP contribution in [0.2, 0.25) is 0 Å². The summed E-state index contributed by atoms with van der Waals surface area (Å²) >= 11 is 1.19. The quantitative estimate of drug-likeness (QED) is 0.589. The number of rotatable bonds is 6. The predicted molar refractivity (Wildman–Crippen MR) is 124 cm³/mol. The maximum atomic E-state index is 12.7. The lowest BCUT2D eigenvalue weighted by molar-refractivity contribution is 0.0761. The second-order valence-corrected chi connectivity index (χ2v) is 8.91. The molecule has 7 nitrogen and oxygen atoms in total. The number of hydrogen-bond donors (Lipinski definition) is 1. The zero-order valence-electron chi connectivity index (χ0n) is 18.0. The van der Waals surface area contributed by atoms with Gasteiger partial charge in [0.15, 0.2) is 5.01 Å². The fraction of sp³-hybridized carbons (Fsp3) is 0.333. The maximum Gasteiger partial charge on any atom is 0.286 e. The summed E-state index contributed by atoms with van der Waals surface area (Å²) in [7, 11) is 0. The summed E-state index contributed by atoms with van der Waals surface area (Å²) < 4.78 is 5.72. The molecule has 1 aliphatic heterocycles. The summed E-state index contributed by atoms with van der Waals surface area (Å²) in [6.07, 6.45) is 4.47.